The Morgan fingerprint density at radius 1 is 1.39 bits per heavy atom. The molecule has 0 spiro atoms. The summed E-state index contributed by atoms with van der Waals surface area (Å²) in [5.74, 6) is 0.905. The summed E-state index contributed by atoms with van der Waals surface area (Å²) < 4.78 is 5.59. The Morgan fingerprint density at radius 2 is 2.17 bits per heavy atom. The van der Waals surface area contributed by atoms with Gasteiger partial charge in [-0.1, -0.05) is 11.6 Å². The summed E-state index contributed by atoms with van der Waals surface area (Å²) in [6, 6.07) is 8.74. The van der Waals surface area contributed by atoms with Gasteiger partial charge in [-0.05, 0) is 36.8 Å². The van der Waals surface area contributed by atoms with Crippen molar-refractivity contribution in [1.29, 1.82) is 5.26 Å². The number of hydrogen-bond donors (Lipinski definition) is 1. The number of ether oxygens (including phenoxy) is 1. The molecule has 0 saturated heterocycles. The maximum atomic E-state index is 8.72. The number of halogens is 1. The summed E-state index contributed by atoms with van der Waals surface area (Å²) in [5, 5.41) is 9.36. The largest absolute Gasteiger partial charge is 0.437 e. The van der Waals surface area contributed by atoms with E-state index in [1.54, 1.807) is 18.2 Å². The van der Waals surface area contributed by atoms with Crippen LogP contribution in [0.15, 0.2) is 30.5 Å². The Morgan fingerprint density at radius 3 is 2.78 bits per heavy atom. The van der Waals surface area contributed by atoms with E-state index in [0.29, 0.717) is 22.0 Å². The molecular formula is C13H10ClN3O. The first-order valence-corrected chi connectivity index (χ1v) is 5.57. The summed E-state index contributed by atoms with van der Waals surface area (Å²) in [4.78, 5) is 4.01. The van der Waals surface area contributed by atoms with E-state index < -0.39 is 0 Å². The number of aromatic nitrogens is 1. The van der Waals surface area contributed by atoms with E-state index in [4.69, 9.17) is 27.3 Å². The number of hydrogen-bond acceptors (Lipinski definition) is 4. The third-order valence-electron chi connectivity index (χ3n) is 2.35. The molecule has 90 valence electrons. The van der Waals surface area contributed by atoms with Crippen LogP contribution in [0, 0.1) is 18.3 Å². The molecule has 1 aromatic carbocycles. The molecule has 4 nitrogen and oxygen atoms in total. The number of rotatable bonds is 2. The van der Waals surface area contributed by atoms with E-state index in [0.717, 1.165) is 5.56 Å². The van der Waals surface area contributed by atoms with E-state index in [1.165, 1.54) is 12.3 Å². The zero-order valence-electron chi connectivity index (χ0n) is 9.64. The van der Waals surface area contributed by atoms with Gasteiger partial charge in [-0.15, -0.1) is 0 Å². The van der Waals surface area contributed by atoms with Gasteiger partial charge in [-0.25, -0.2) is 4.98 Å². The molecule has 1 heterocycles. The monoisotopic (exact) mass is 259 g/mol. The summed E-state index contributed by atoms with van der Waals surface area (Å²) in [7, 11) is 0. The molecule has 2 aromatic rings. The number of pyridine rings is 1. The van der Waals surface area contributed by atoms with Crippen LogP contribution in [-0.2, 0) is 0 Å². The van der Waals surface area contributed by atoms with Crippen LogP contribution in [-0.4, -0.2) is 4.98 Å². The van der Waals surface area contributed by atoms with Crippen molar-refractivity contribution in [1.82, 2.24) is 4.98 Å². The summed E-state index contributed by atoms with van der Waals surface area (Å²) in [5.41, 5.74) is 7.36. The van der Waals surface area contributed by atoms with Crippen LogP contribution in [0.4, 0.5) is 5.69 Å². The maximum absolute atomic E-state index is 8.72. The molecule has 0 aliphatic carbocycles. The van der Waals surface area contributed by atoms with Gasteiger partial charge < -0.3 is 10.5 Å². The molecule has 0 saturated carbocycles. The second-order valence-electron chi connectivity index (χ2n) is 3.74. The predicted octanol–water partition coefficient (Wildman–Crippen LogP) is 3.29. The minimum atomic E-state index is 0.277. The van der Waals surface area contributed by atoms with Crippen molar-refractivity contribution in [2.24, 2.45) is 0 Å². The van der Waals surface area contributed by atoms with Gasteiger partial charge in [0.25, 0.3) is 0 Å². The number of benzene rings is 1. The summed E-state index contributed by atoms with van der Waals surface area (Å²) in [6.45, 7) is 1.88. The van der Waals surface area contributed by atoms with E-state index in [2.05, 4.69) is 4.98 Å². The number of nitrogens with zero attached hydrogens (tertiary/aromatic N) is 2. The van der Waals surface area contributed by atoms with Crippen molar-refractivity contribution < 1.29 is 4.74 Å². The standard InChI is InChI=1S/C13H10ClN3O/c1-8-4-10(14)2-3-12(8)18-13-11(16)5-9(6-15)7-17-13/h2-5,7H,16H2,1H3. The van der Waals surface area contributed by atoms with E-state index in [-0.39, 0.29) is 5.88 Å². The first kappa shape index (κ1) is 12.2. The van der Waals surface area contributed by atoms with Crippen molar-refractivity contribution in [2.45, 2.75) is 6.92 Å². The minimum absolute atomic E-state index is 0.277. The van der Waals surface area contributed by atoms with Gasteiger partial charge in [0.1, 0.15) is 11.8 Å². The lowest BCUT2D eigenvalue weighted by atomic mass is 10.2. The molecule has 0 radical (unpaired) electrons. The molecule has 0 amide bonds. The van der Waals surface area contributed by atoms with Crippen LogP contribution in [0.1, 0.15) is 11.1 Å². The smallest absolute Gasteiger partial charge is 0.242 e. The predicted molar refractivity (Wildman–Crippen MR) is 69.6 cm³/mol. The Labute approximate surface area is 110 Å². The minimum Gasteiger partial charge on any atom is -0.437 e. The second-order valence-corrected chi connectivity index (χ2v) is 4.18. The number of anilines is 1. The number of nitriles is 1. The molecule has 0 aliphatic heterocycles. The van der Waals surface area contributed by atoms with E-state index in [1.807, 2.05) is 13.0 Å². The van der Waals surface area contributed by atoms with Crippen LogP contribution in [0.3, 0.4) is 0 Å². The van der Waals surface area contributed by atoms with Crippen LogP contribution >= 0.6 is 11.6 Å². The zero-order valence-corrected chi connectivity index (χ0v) is 10.4. The maximum Gasteiger partial charge on any atom is 0.242 e. The van der Waals surface area contributed by atoms with Gasteiger partial charge >= 0.3 is 0 Å². The average molecular weight is 260 g/mol. The molecule has 0 unspecified atom stereocenters. The lowest BCUT2D eigenvalue weighted by Gasteiger charge is -2.09. The topological polar surface area (TPSA) is 71.9 Å². The highest BCUT2D eigenvalue weighted by atomic mass is 35.5. The lowest BCUT2D eigenvalue weighted by Crippen LogP contribution is -1.97. The van der Waals surface area contributed by atoms with Crippen LogP contribution in [0.2, 0.25) is 5.02 Å². The van der Waals surface area contributed by atoms with Crippen molar-refractivity contribution in [2.75, 3.05) is 5.73 Å². The quantitative estimate of drug-likeness (QED) is 0.898. The average Bonchev–Trinajstić information content (AvgIpc) is 2.34. The highest BCUT2D eigenvalue weighted by Gasteiger charge is 2.07. The van der Waals surface area contributed by atoms with Crippen molar-refractivity contribution in [3.8, 4) is 17.7 Å². The van der Waals surface area contributed by atoms with Crippen LogP contribution < -0.4 is 10.5 Å². The highest BCUT2D eigenvalue weighted by molar-refractivity contribution is 6.30. The van der Waals surface area contributed by atoms with Gasteiger partial charge in [0.15, 0.2) is 0 Å². The van der Waals surface area contributed by atoms with Crippen LogP contribution in [0.5, 0.6) is 11.6 Å². The van der Waals surface area contributed by atoms with Gasteiger partial charge in [-0.3, -0.25) is 0 Å². The molecule has 1 aromatic heterocycles. The van der Waals surface area contributed by atoms with E-state index >= 15 is 0 Å². The van der Waals surface area contributed by atoms with Gasteiger partial charge in [0, 0.05) is 11.2 Å². The number of aryl methyl sites for hydroxylation is 1. The molecule has 0 atom stereocenters. The molecule has 2 rings (SSSR count). The van der Waals surface area contributed by atoms with Crippen LogP contribution in [0.25, 0.3) is 0 Å². The Hall–Kier alpha value is -2.25. The summed E-state index contributed by atoms with van der Waals surface area (Å²) in [6.07, 6.45) is 1.41. The SMILES string of the molecule is Cc1cc(Cl)ccc1Oc1ncc(C#N)cc1N. The van der Waals surface area contributed by atoms with Gasteiger partial charge in [-0.2, -0.15) is 5.26 Å². The fourth-order valence-electron chi connectivity index (χ4n) is 1.45. The third-order valence-corrected chi connectivity index (χ3v) is 2.59. The Kier molecular flexibility index (Phi) is 3.35. The normalized spacial score (nSPS) is 9.83. The Balaban J connectivity index is 2.32. The summed E-state index contributed by atoms with van der Waals surface area (Å²) >= 11 is 5.86. The van der Waals surface area contributed by atoms with E-state index in [9.17, 15) is 0 Å². The zero-order chi connectivity index (χ0) is 13.1. The van der Waals surface area contributed by atoms with Gasteiger partial charge in [0.05, 0.1) is 11.3 Å². The highest BCUT2D eigenvalue weighted by Crippen LogP contribution is 2.29. The van der Waals surface area contributed by atoms with Crippen molar-refractivity contribution in [3.05, 3.63) is 46.6 Å². The second kappa shape index (κ2) is 4.94. The fraction of sp³-hybridized carbons (Fsp3) is 0.0769. The molecule has 5 heteroatoms. The molecule has 2 N–H and O–H groups in total. The first-order valence-electron chi connectivity index (χ1n) is 5.20. The Bertz CT molecular complexity index is 635. The molecule has 0 aliphatic rings. The fourth-order valence-corrected chi connectivity index (χ4v) is 1.67. The van der Waals surface area contributed by atoms with Gasteiger partial charge in [0.2, 0.25) is 5.88 Å². The molecule has 18 heavy (non-hydrogen) atoms. The molecular weight excluding hydrogens is 250 g/mol. The number of nitrogen functional groups attached to an aromatic ring is 1. The van der Waals surface area contributed by atoms with Crippen molar-refractivity contribution in [3.63, 3.8) is 0 Å². The molecule has 0 bridgehead atoms. The van der Waals surface area contributed by atoms with Crippen molar-refractivity contribution >= 4 is 17.3 Å². The lowest BCUT2D eigenvalue weighted by molar-refractivity contribution is 0.462. The molecule has 0 fully saturated rings. The first-order chi connectivity index (χ1) is 8.60. The number of nitrogens with two attached hydrogens (primary N) is 1. The third kappa shape index (κ3) is 2.53.